The van der Waals surface area contributed by atoms with Gasteiger partial charge in [0.1, 0.15) is 5.83 Å². The van der Waals surface area contributed by atoms with Gasteiger partial charge in [-0.2, -0.15) is 0 Å². The molecule has 1 atom stereocenters. The number of allylic oxidation sites excluding steroid dienone is 4. The first-order chi connectivity index (χ1) is 8.42. The summed E-state index contributed by atoms with van der Waals surface area (Å²) in [6.45, 7) is 9.06. The molecule has 0 aromatic heterocycles. The zero-order valence-electron chi connectivity index (χ0n) is 11.1. The smallest absolute Gasteiger partial charge is 0.246 e. The number of halogens is 1. The number of carbonyl (C=O) groups is 1. The van der Waals surface area contributed by atoms with E-state index in [1.807, 2.05) is 13.8 Å². The van der Waals surface area contributed by atoms with Crippen molar-refractivity contribution in [3.63, 3.8) is 0 Å². The molecule has 0 saturated carbocycles. The van der Waals surface area contributed by atoms with E-state index < -0.39 is 11.9 Å². The van der Waals surface area contributed by atoms with E-state index in [4.69, 9.17) is 5.73 Å². The maximum absolute atomic E-state index is 13.4. The lowest BCUT2D eigenvalue weighted by Gasteiger charge is -2.14. The van der Waals surface area contributed by atoms with Gasteiger partial charge < -0.3 is 5.73 Å². The Morgan fingerprint density at radius 3 is 2.61 bits per heavy atom. The molecule has 0 saturated heterocycles. The largest absolute Gasteiger partial charge is 0.320 e. The van der Waals surface area contributed by atoms with Crippen LogP contribution < -0.4 is 10.5 Å². The van der Waals surface area contributed by atoms with Gasteiger partial charge in [-0.1, -0.05) is 32.6 Å². The molecule has 5 heteroatoms. The van der Waals surface area contributed by atoms with E-state index >= 15 is 0 Å². The highest BCUT2D eigenvalue weighted by Crippen LogP contribution is 2.22. The maximum atomic E-state index is 13.4. The van der Waals surface area contributed by atoms with Crippen LogP contribution in [0.4, 0.5) is 4.39 Å². The van der Waals surface area contributed by atoms with E-state index in [-0.39, 0.29) is 5.91 Å². The molecule has 0 bridgehead atoms. The topological polar surface area (TPSA) is 55.1 Å². The molecule has 0 aromatic carbocycles. The van der Waals surface area contributed by atoms with Gasteiger partial charge in [-0.15, -0.1) is 0 Å². The Kier molecular flexibility index (Phi) is 8.41. The van der Waals surface area contributed by atoms with Crippen LogP contribution in [0.1, 0.15) is 27.2 Å². The molecule has 0 aliphatic rings. The summed E-state index contributed by atoms with van der Waals surface area (Å²) >= 11 is 0.909. The third-order valence-corrected chi connectivity index (χ3v) is 2.94. The highest BCUT2D eigenvalue weighted by atomic mass is 32.2. The molecule has 102 valence electrons. The van der Waals surface area contributed by atoms with E-state index in [1.54, 1.807) is 6.92 Å². The zero-order valence-corrected chi connectivity index (χ0v) is 11.9. The Morgan fingerprint density at radius 2 is 2.17 bits per heavy atom. The van der Waals surface area contributed by atoms with Crippen LogP contribution in [0.25, 0.3) is 0 Å². The van der Waals surface area contributed by atoms with Crippen LogP contribution in [0.15, 0.2) is 35.5 Å². The number of nitrogens with two attached hydrogens (primary N) is 1. The highest BCUT2D eigenvalue weighted by molar-refractivity contribution is 8.02. The van der Waals surface area contributed by atoms with E-state index in [1.165, 1.54) is 18.2 Å². The molecule has 1 amide bonds. The predicted molar refractivity (Wildman–Crippen MR) is 76.3 cm³/mol. The Hall–Kier alpha value is -1.07. The third-order valence-electron chi connectivity index (χ3n) is 2.08. The van der Waals surface area contributed by atoms with Crippen LogP contribution in [0, 0.1) is 5.92 Å². The van der Waals surface area contributed by atoms with Gasteiger partial charge in [0.2, 0.25) is 5.91 Å². The molecule has 0 aliphatic heterocycles. The summed E-state index contributed by atoms with van der Waals surface area (Å²) in [5.41, 5.74) is 5.71. The summed E-state index contributed by atoms with van der Waals surface area (Å²) in [5, 5.41) is 0. The average molecular weight is 272 g/mol. The van der Waals surface area contributed by atoms with Crippen molar-refractivity contribution in [2.24, 2.45) is 11.7 Å². The standard InChI is InChI=1S/C13H21FN2OS/c1-5-7-12(10(14)6-2)18-16-13(17)11(15)8-9(3)4/h5-7,9,11H,1,8,15H2,2-4H3,(H,16,17)/b10-6+,12-7+. The van der Waals surface area contributed by atoms with Crippen LogP contribution in [-0.2, 0) is 4.79 Å². The minimum atomic E-state index is -0.573. The summed E-state index contributed by atoms with van der Waals surface area (Å²) in [7, 11) is 0. The molecule has 0 rings (SSSR count). The fraction of sp³-hybridized carbons (Fsp3) is 0.462. The summed E-state index contributed by atoms with van der Waals surface area (Å²) in [6, 6.07) is -0.573. The monoisotopic (exact) mass is 272 g/mol. The summed E-state index contributed by atoms with van der Waals surface area (Å²) in [4.78, 5) is 11.9. The summed E-state index contributed by atoms with van der Waals surface area (Å²) in [5.74, 6) is -0.364. The lowest BCUT2D eigenvalue weighted by molar-refractivity contribution is -0.120. The SMILES string of the molecule is C=C/C=C(SNC(=O)C(N)CC(C)C)\C(F)=C/C. The number of rotatable bonds is 7. The van der Waals surface area contributed by atoms with Gasteiger partial charge in [-0.25, -0.2) is 4.39 Å². The number of amides is 1. The second kappa shape index (κ2) is 8.94. The molecular formula is C13H21FN2OS. The van der Waals surface area contributed by atoms with Crippen molar-refractivity contribution in [1.29, 1.82) is 0 Å². The number of hydrogen-bond donors (Lipinski definition) is 2. The number of nitrogens with one attached hydrogen (secondary N) is 1. The summed E-state index contributed by atoms with van der Waals surface area (Å²) in [6.07, 6.45) is 4.88. The van der Waals surface area contributed by atoms with E-state index in [2.05, 4.69) is 11.3 Å². The Balaban J connectivity index is 4.41. The average Bonchev–Trinajstić information content (AvgIpc) is 2.32. The van der Waals surface area contributed by atoms with Crippen LogP contribution in [-0.4, -0.2) is 11.9 Å². The van der Waals surface area contributed by atoms with Gasteiger partial charge in [0, 0.05) is 0 Å². The van der Waals surface area contributed by atoms with Crippen molar-refractivity contribution in [1.82, 2.24) is 4.72 Å². The fourth-order valence-electron chi connectivity index (χ4n) is 1.21. The second-order valence-corrected chi connectivity index (χ2v) is 5.06. The lowest BCUT2D eigenvalue weighted by atomic mass is 10.0. The van der Waals surface area contributed by atoms with Crippen LogP contribution >= 0.6 is 11.9 Å². The van der Waals surface area contributed by atoms with Gasteiger partial charge in [0.05, 0.1) is 10.9 Å². The van der Waals surface area contributed by atoms with Gasteiger partial charge in [-0.3, -0.25) is 9.52 Å². The molecule has 0 radical (unpaired) electrons. The molecule has 18 heavy (non-hydrogen) atoms. The van der Waals surface area contributed by atoms with Crippen molar-refractivity contribution in [2.75, 3.05) is 0 Å². The van der Waals surface area contributed by atoms with E-state index in [0.29, 0.717) is 17.2 Å². The van der Waals surface area contributed by atoms with Crippen molar-refractivity contribution in [3.8, 4) is 0 Å². The van der Waals surface area contributed by atoms with Crippen molar-refractivity contribution >= 4 is 17.9 Å². The quantitative estimate of drug-likeness (QED) is 0.553. The molecule has 3 nitrogen and oxygen atoms in total. The van der Waals surface area contributed by atoms with Crippen molar-refractivity contribution in [2.45, 2.75) is 33.2 Å². The molecular weight excluding hydrogens is 251 g/mol. The molecule has 3 N–H and O–H groups in total. The van der Waals surface area contributed by atoms with Crippen LogP contribution in [0.2, 0.25) is 0 Å². The molecule has 0 heterocycles. The number of hydrogen-bond acceptors (Lipinski definition) is 3. The van der Waals surface area contributed by atoms with Gasteiger partial charge in [0.15, 0.2) is 0 Å². The van der Waals surface area contributed by atoms with Crippen LogP contribution in [0.3, 0.4) is 0 Å². The Labute approximate surface area is 113 Å². The minimum absolute atomic E-state index is 0.299. The molecule has 0 aromatic rings. The molecule has 1 unspecified atom stereocenters. The Morgan fingerprint density at radius 1 is 1.56 bits per heavy atom. The molecule has 0 spiro atoms. The zero-order chi connectivity index (χ0) is 14.1. The normalized spacial score (nSPS) is 14.6. The van der Waals surface area contributed by atoms with Gasteiger partial charge >= 0.3 is 0 Å². The van der Waals surface area contributed by atoms with Crippen LogP contribution in [0.5, 0.6) is 0 Å². The molecule has 0 aliphatic carbocycles. The summed E-state index contributed by atoms with van der Waals surface area (Å²) < 4.78 is 15.9. The lowest BCUT2D eigenvalue weighted by Crippen LogP contribution is -2.38. The second-order valence-electron chi connectivity index (χ2n) is 4.21. The Bertz CT molecular complexity index is 351. The molecule has 0 fully saturated rings. The third kappa shape index (κ3) is 6.61. The van der Waals surface area contributed by atoms with Crippen molar-refractivity contribution in [3.05, 3.63) is 35.5 Å². The first-order valence-electron chi connectivity index (χ1n) is 5.79. The first-order valence-corrected chi connectivity index (χ1v) is 6.61. The fourth-order valence-corrected chi connectivity index (χ4v) is 1.95. The van der Waals surface area contributed by atoms with Gasteiger partial charge in [0.25, 0.3) is 0 Å². The first kappa shape index (κ1) is 16.9. The van der Waals surface area contributed by atoms with E-state index in [9.17, 15) is 9.18 Å². The number of carbonyl (C=O) groups excluding carboxylic acids is 1. The van der Waals surface area contributed by atoms with Crippen molar-refractivity contribution < 1.29 is 9.18 Å². The van der Waals surface area contributed by atoms with Gasteiger partial charge in [-0.05, 0) is 37.3 Å². The maximum Gasteiger partial charge on any atom is 0.246 e. The minimum Gasteiger partial charge on any atom is -0.320 e. The van der Waals surface area contributed by atoms with E-state index in [0.717, 1.165) is 11.9 Å². The highest BCUT2D eigenvalue weighted by Gasteiger charge is 2.16. The predicted octanol–water partition coefficient (Wildman–Crippen LogP) is 3.07.